The molecule has 0 radical (unpaired) electrons. The number of sulfonamides is 1. The minimum Gasteiger partial charge on any atom is -0.346 e. The van der Waals surface area contributed by atoms with Crippen molar-refractivity contribution in [2.24, 2.45) is 0 Å². The average Bonchev–Trinajstić information content (AvgIpc) is 3.09. The van der Waals surface area contributed by atoms with Crippen molar-refractivity contribution in [2.45, 2.75) is 30.7 Å². The van der Waals surface area contributed by atoms with Gasteiger partial charge in [-0.1, -0.05) is 0 Å². The molecule has 1 heterocycles. The fraction of sp³-hybridized carbons (Fsp3) is 0.500. The molecule has 2 amide bonds. The lowest BCUT2D eigenvalue weighted by atomic mass is 10.2. The number of benzene rings is 1. The number of amides is 2. The van der Waals surface area contributed by atoms with Crippen LogP contribution >= 0.6 is 0 Å². The van der Waals surface area contributed by atoms with Crippen molar-refractivity contribution in [2.75, 3.05) is 26.7 Å². The lowest BCUT2D eigenvalue weighted by Crippen LogP contribution is -2.48. The van der Waals surface area contributed by atoms with E-state index in [0.717, 1.165) is 16.4 Å². The van der Waals surface area contributed by atoms with Crippen LogP contribution in [0.4, 0.5) is 4.39 Å². The molecule has 0 aliphatic carbocycles. The quantitative estimate of drug-likeness (QED) is 0.792. The molecule has 0 spiro atoms. The molecule has 1 unspecified atom stereocenters. The van der Waals surface area contributed by atoms with Gasteiger partial charge in [-0.2, -0.15) is 4.31 Å². The molecule has 25 heavy (non-hydrogen) atoms. The molecule has 1 fully saturated rings. The molecule has 1 aliphatic rings. The molecular weight excluding hydrogens is 349 g/mol. The number of likely N-dealkylation sites (N-methyl/N-ethyl adjacent to an activating group) is 1. The predicted molar refractivity (Wildman–Crippen MR) is 89.6 cm³/mol. The third-order valence-electron chi connectivity index (χ3n) is 4.24. The molecule has 9 heteroatoms. The molecule has 1 aromatic carbocycles. The highest BCUT2D eigenvalue weighted by Crippen LogP contribution is 2.26. The van der Waals surface area contributed by atoms with Gasteiger partial charge in [0.25, 0.3) is 0 Å². The molecule has 1 atom stereocenters. The first kappa shape index (κ1) is 19.3. The normalized spacial score (nSPS) is 18.1. The van der Waals surface area contributed by atoms with Gasteiger partial charge >= 0.3 is 0 Å². The number of carbonyl (C=O) groups excluding carboxylic acids is 2. The Morgan fingerprint density at radius 3 is 2.56 bits per heavy atom. The fourth-order valence-corrected chi connectivity index (χ4v) is 4.28. The van der Waals surface area contributed by atoms with Crippen molar-refractivity contribution in [3.8, 4) is 0 Å². The van der Waals surface area contributed by atoms with Gasteiger partial charge < -0.3 is 10.2 Å². The molecule has 0 bridgehead atoms. The van der Waals surface area contributed by atoms with Gasteiger partial charge in [-0.05, 0) is 44.0 Å². The van der Waals surface area contributed by atoms with Crippen LogP contribution in [-0.2, 0) is 19.6 Å². The van der Waals surface area contributed by atoms with Gasteiger partial charge in [-0.15, -0.1) is 0 Å². The maximum Gasteiger partial charge on any atom is 0.243 e. The largest absolute Gasteiger partial charge is 0.346 e. The summed E-state index contributed by atoms with van der Waals surface area (Å²) < 4.78 is 39.5. The number of hydrogen-bond acceptors (Lipinski definition) is 4. The van der Waals surface area contributed by atoms with Gasteiger partial charge in [0.15, 0.2) is 0 Å². The van der Waals surface area contributed by atoms with E-state index in [2.05, 4.69) is 5.32 Å². The third-order valence-corrected chi connectivity index (χ3v) is 6.16. The number of halogens is 1. The Hall–Kier alpha value is -2.00. The first-order valence-corrected chi connectivity index (χ1v) is 9.50. The molecule has 1 aliphatic heterocycles. The minimum absolute atomic E-state index is 0.0598. The van der Waals surface area contributed by atoms with E-state index in [1.807, 2.05) is 6.92 Å². The molecule has 1 saturated heterocycles. The van der Waals surface area contributed by atoms with Crippen molar-refractivity contribution < 1.29 is 22.4 Å². The van der Waals surface area contributed by atoms with E-state index < -0.39 is 27.8 Å². The van der Waals surface area contributed by atoms with E-state index in [0.29, 0.717) is 19.4 Å². The summed E-state index contributed by atoms with van der Waals surface area (Å²) in [5, 5.41) is 2.51. The summed E-state index contributed by atoms with van der Waals surface area (Å²) in [6.45, 7) is 2.36. The Morgan fingerprint density at radius 1 is 1.32 bits per heavy atom. The Kier molecular flexibility index (Phi) is 6.12. The zero-order valence-electron chi connectivity index (χ0n) is 14.2. The summed E-state index contributed by atoms with van der Waals surface area (Å²) in [5.41, 5.74) is 0. The van der Waals surface area contributed by atoms with Crippen LogP contribution in [0.3, 0.4) is 0 Å². The lowest BCUT2D eigenvalue weighted by Gasteiger charge is -2.23. The molecule has 2 rings (SSSR count). The number of nitrogens with zero attached hydrogens (tertiary/aromatic N) is 2. The smallest absolute Gasteiger partial charge is 0.243 e. The maximum absolute atomic E-state index is 13.0. The highest BCUT2D eigenvalue weighted by molar-refractivity contribution is 7.89. The van der Waals surface area contributed by atoms with E-state index >= 15 is 0 Å². The average molecular weight is 371 g/mol. The summed E-state index contributed by atoms with van der Waals surface area (Å²) in [6.07, 6.45) is 0.922. The number of rotatable bonds is 6. The van der Waals surface area contributed by atoms with Gasteiger partial charge in [0.1, 0.15) is 11.9 Å². The van der Waals surface area contributed by atoms with E-state index in [1.54, 1.807) is 7.05 Å². The van der Waals surface area contributed by atoms with Gasteiger partial charge in [0, 0.05) is 20.1 Å². The second kappa shape index (κ2) is 7.92. The second-order valence-corrected chi connectivity index (χ2v) is 7.74. The Balaban J connectivity index is 2.10. The summed E-state index contributed by atoms with van der Waals surface area (Å²) in [4.78, 5) is 25.5. The van der Waals surface area contributed by atoms with Crippen LogP contribution in [0.2, 0.25) is 0 Å². The summed E-state index contributed by atoms with van der Waals surface area (Å²) in [6, 6.07) is 3.62. The van der Waals surface area contributed by atoms with Crippen molar-refractivity contribution >= 4 is 21.8 Å². The van der Waals surface area contributed by atoms with Crippen LogP contribution in [0.15, 0.2) is 29.2 Å². The lowest BCUT2D eigenvalue weighted by molar-refractivity contribution is -0.132. The standard InChI is InChI=1S/C16H22FN3O4S/c1-3-19(2)15(21)11-18-16(22)14-5-4-10-20(14)25(23,24)13-8-6-12(17)7-9-13/h6-9,14H,3-5,10-11H2,1-2H3,(H,18,22). The fourth-order valence-electron chi connectivity index (χ4n) is 2.62. The number of hydrogen-bond donors (Lipinski definition) is 1. The van der Waals surface area contributed by atoms with Crippen molar-refractivity contribution in [1.82, 2.24) is 14.5 Å². The SMILES string of the molecule is CCN(C)C(=O)CNC(=O)C1CCCN1S(=O)(=O)c1ccc(F)cc1. The summed E-state index contributed by atoms with van der Waals surface area (Å²) in [5.74, 6) is -1.28. The molecule has 7 nitrogen and oxygen atoms in total. The predicted octanol–water partition coefficient (Wildman–Crippen LogP) is 0.573. The summed E-state index contributed by atoms with van der Waals surface area (Å²) >= 11 is 0. The van der Waals surface area contributed by atoms with Crippen LogP contribution < -0.4 is 5.32 Å². The van der Waals surface area contributed by atoms with Crippen LogP contribution in [-0.4, -0.2) is 62.2 Å². The Labute approximate surface area is 146 Å². The van der Waals surface area contributed by atoms with E-state index in [4.69, 9.17) is 0 Å². The topological polar surface area (TPSA) is 86.8 Å². The second-order valence-electron chi connectivity index (χ2n) is 5.85. The van der Waals surface area contributed by atoms with Gasteiger partial charge in [0.2, 0.25) is 21.8 Å². The van der Waals surface area contributed by atoms with Crippen LogP contribution in [0, 0.1) is 5.82 Å². The van der Waals surface area contributed by atoms with Gasteiger partial charge in [-0.25, -0.2) is 12.8 Å². The highest BCUT2D eigenvalue weighted by Gasteiger charge is 2.39. The van der Waals surface area contributed by atoms with E-state index in [1.165, 1.54) is 17.0 Å². The van der Waals surface area contributed by atoms with E-state index in [-0.39, 0.29) is 23.9 Å². The first-order chi connectivity index (χ1) is 11.8. The van der Waals surface area contributed by atoms with Crippen molar-refractivity contribution in [1.29, 1.82) is 0 Å². The Bertz CT molecular complexity index is 736. The van der Waals surface area contributed by atoms with Crippen molar-refractivity contribution in [3.63, 3.8) is 0 Å². The molecule has 0 saturated carbocycles. The van der Waals surface area contributed by atoms with Crippen LogP contribution in [0.25, 0.3) is 0 Å². The summed E-state index contributed by atoms with van der Waals surface area (Å²) in [7, 11) is -2.28. The van der Waals surface area contributed by atoms with Gasteiger partial charge in [0.05, 0.1) is 11.4 Å². The van der Waals surface area contributed by atoms with Gasteiger partial charge in [-0.3, -0.25) is 9.59 Å². The zero-order chi connectivity index (χ0) is 18.6. The highest BCUT2D eigenvalue weighted by atomic mass is 32.2. The first-order valence-electron chi connectivity index (χ1n) is 8.06. The molecule has 138 valence electrons. The minimum atomic E-state index is -3.90. The maximum atomic E-state index is 13.0. The number of nitrogens with one attached hydrogen (secondary N) is 1. The van der Waals surface area contributed by atoms with Crippen molar-refractivity contribution in [3.05, 3.63) is 30.1 Å². The molecule has 1 aromatic rings. The van der Waals surface area contributed by atoms with Crippen LogP contribution in [0.1, 0.15) is 19.8 Å². The molecule has 1 N–H and O–H groups in total. The molecular formula is C16H22FN3O4S. The Morgan fingerprint density at radius 2 is 1.96 bits per heavy atom. The number of carbonyl (C=O) groups is 2. The molecule has 0 aromatic heterocycles. The van der Waals surface area contributed by atoms with E-state index in [9.17, 15) is 22.4 Å². The zero-order valence-corrected chi connectivity index (χ0v) is 15.1. The monoisotopic (exact) mass is 371 g/mol. The van der Waals surface area contributed by atoms with Crippen LogP contribution in [0.5, 0.6) is 0 Å². The third kappa shape index (κ3) is 4.35.